The van der Waals surface area contributed by atoms with Crippen LogP contribution >= 0.6 is 0 Å². The minimum atomic E-state index is -3.66. The number of benzene rings is 1. The second-order valence-electron chi connectivity index (χ2n) is 5.74. The number of nitrogens with zero attached hydrogens (tertiary/aromatic N) is 1. The molecule has 1 aromatic carbocycles. The number of aliphatic hydroxyl groups is 1. The van der Waals surface area contributed by atoms with Crippen molar-refractivity contribution in [1.82, 2.24) is 4.31 Å². The van der Waals surface area contributed by atoms with Crippen molar-refractivity contribution in [2.24, 2.45) is 0 Å². The number of carbonyl (C=O) groups excluding carboxylic acids is 1. The van der Waals surface area contributed by atoms with Crippen LogP contribution in [0.25, 0.3) is 0 Å². The lowest BCUT2D eigenvalue weighted by molar-refractivity contribution is -0.114. The van der Waals surface area contributed by atoms with Gasteiger partial charge in [-0.2, -0.15) is 4.31 Å². The first-order chi connectivity index (χ1) is 9.65. The first-order valence-electron chi connectivity index (χ1n) is 6.74. The lowest BCUT2D eigenvalue weighted by atomic mass is 10.0. The molecule has 0 bridgehead atoms. The lowest BCUT2D eigenvalue weighted by Crippen LogP contribution is -2.47. The molecule has 6 nitrogen and oxygen atoms in total. The van der Waals surface area contributed by atoms with Gasteiger partial charge in [0, 0.05) is 19.2 Å². The molecule has 1 fully saturated rings. The SMILES string of the molecule is CC(=O)Nc1ccc(S(=O)(=O)N2CCC(O)C2(C)C)cc1. The van der Waals surface area contributed by atoms with E-state index >= 15 is 0 Å². The molecule has 1 aliphatic heterocycles. The summed E-state index contributed by atoms with van der Waals surface area (Å²) in [4.78, 5) is 11.1. The summed E-state index contributed by atoms with van der Waals surface area (Å²) in [7, 11) is -3.66. The summed E-state index contributed by atoms with van der Waals surface area (Å²) in [5.41, 5.74) is -0.281. The number of sulfonamides is 1. The van der Waals surface area contributed by atoms with Crippen molar-refractivity contribution in [3.63, 3.8) is 0 Å². The van der Waals surface area contributed by atoms with Gasteiger partial charge in [0.05, 0.1) is 16.5 Å². The number of hydrogen-bond acceptors (Lipinski definition) is 4. The number of nitrogens with one attached hydrogen (secondary N) is 1. The molecule has 1 unspecified atom stereocenters. The Balaban J connectivity index is 2.30. The molecule has 21 heavy (non-hydrogen) atoms. The maximum atomic E-state index is 12.7. The molecule has 1 amide bonds. The fraction of sp³-hybridized carbons (Fsp3) is 0.500. The van der Waals surface area contributed by atoms with Gasteiger partial charge >= 0.3 is 0 Å². The zero-order valence-corrected chi connectivity index (χ0v) is 13.1. The second-order valence-corrected chi connectivity index (χ2v) is 7.60. The van der Waals surface area contributed by atoms with E-state index in [0.29, 0.717) is 18.7 Å². The highest BCUT2D eigenvalue weighted by Crippen LogP contribution is 2.34. The van der Waals surface area contributed by atoms with E-state index in [2.05, 4.69) is 5.32 Å². The van der Waals surface area contributed by atoms with E-state index < -0.39 is 21.7 Å². The van der Waals surface area contributed by atoms with E-state index in [9.17, 15) is 18.3 Å². The fourth-order valence-electron chi connectivity index (χ4n) is 2.52. The first-order valence-corrected chi connectivity index (χ1v) is 8.18. The van der Waals surface area contributed by atoms with Crippen LogP contribution in [-0.2, 0) is 14.8 Å². The number of aliphatic hydroxyl groups excluding tert-OH is 1. The summed E-state index contributed by atoms with van der Waals surface area (Å²) in [6.07, 6.45) is -0.248. The summed E-state index contributed by atoms with van der Waals surface area (Å²) in [5, 5.41) is 12.5. The van der Waals surface area contributed by atoms with Gasteiger partial charge in [-0.05, 0) is 44.5 Å². The monoisotopic (exact) mass is 312 g/mol. The van der Waals surface area contributed by atoms with Crippen molar-refractivity contribution < 1.29 is 18.3 Å². The molecule has 116 valence electrons. The molecular formula is C14H20N2O4S. The van der Waals surface area contributed by atoms with E-state index in [1.165, 1.54) is 23.4 Å². The quantitative estimate of drug-likeness (QED) is 0.877. The summed E-state index contributed by atoms with van der Waals surface area (Å²) in [6, 6.07) is 6.02. The van der Waals surface area contributed by atoms with Crippen LogP contribution in [0.5, 0.6) is 0 Å². The third kappa shape index (κ3) is 2.95. The third-order valence-corrected chi connectivity index (χ3v) is 5.93. The molecule has 0 saturated carbocycles. The highest BCUT2D eigenvalue weighted by Gasteiger charge is 2.46. The van der Waals surface area contributed by atoms with Gasteiger partial charge in [0.1, 0.15) is 0 Å². The van der Waals surface area contributed by atoms with Gasteiger partial charge in [-0.15, -0.1) is 0 Å². The van der Waals surface area contributed by atoms with Crippen molar-refractivity contribution in [3.8, 4) is 0 Å². The summed E-state index contributed by atoms with van der Waals surface area (Å²) in [5.74, 6) is -0.214. The molecule has 1 saturated heterocycles. The molecule has 0 aromatic heterocycles. The summed E-state index contributed by atoms with van der Waals surface area (Å²) < 4.78 is 26.6. The highest BCUT2D eigenvalue weighted by atomic mass is 32.2. The normalized spacial score (nSPS) is 22.2. The van der Waals surface area contributed by atoms with Crippen LogP contribution in [0.3, 0.4) is 0 Å². The molecule has 0 spiro atoms. The molecule has 1 heterocycles. The standard InChI is InChI=1S/C14H20N2O4S/c1-10(17)15-11-4-6-12(7-5-11)21(19,20)16-9-8-13(18)14(16,2)3/h4-7,13,18H,8-9H2,1-3H3,(H,15,17). The molecule has 1 aliphatic rings. The Labute approximate surface area is 124 Å². The Hall–Kier alpha value is -1.44. The molecule has 1 atom stereocenters. The number of carbonyl (C=O) groups is 1. The van der Waals surface area contributed by atoms with Gasteiger partial charge in [0.25, 0.3) is 0 Å². The topological polar surface area (TPSA) is 86.7 Å². The van der Waals surface area contributed by atoms with E-state index in [1.54, 1.807) is 26.0 Å². The molecule has 7 heteroatoms. The molecular weight excluding hydrogens is 292 g/mol. The van der Waals surface area contributed by atoms with Crippen molar-refractivity contribution in [1.29, 1.82) is 0 Å². The van der Waals surface area contributed by atoms with Gasteiger partial charge in [-0.3, -0.25) is 4.79 Å². The highest BCUT2D eigenvalue weighted by molar-refractivity contribution is 7.89. The number of rotatable bonds is 3. The average molecular weight is 312 g/mol. The minimum absolute atomic E-state index is 0.152. The van der Waals surface area contributed by atoms with Crippen LogP contribution in [0, 0.1) is 0 Å². The van der Waals surface area contributed by atoms with Crippen molar-refractivity contribution in [3.05, 3.63) is 24.3 Å². The zero-order valence-electron chi connectivity index (χ0n) is 12.3. The van der Waals surface area contributed by atoms with E-state index in [1.807, 2.05) is 0 Å². The summed E-state index contributed by atoms with van der Waals surface area (Å²) >= 11 is 0. The maximum Gasteiger partial charge on any atom is 0.243 e. The van der Waals surface area contributed by atoms with Gasteiger partial charge in [-0.25, -0.2) is 8.42 Å². The van der Waals surface area contributed by atoms with Crippen molar-refractivity contribution >= 4 is 21.6 Å². The fourth-order valence-corrected chi connectivity index (χ4v) is 4.34. The Morgan fingerprint density at radius 1 is 1.33 bits per heavy atom. The Morgan fingerprint density at radius 3 is 2.33 bits per heavy atom. The maximum absolute atomic E-state index is 12.7. The predicted molar refractivity (Wildman–Crippen MR) is 79.3 cm³/mol. The van der Waals surface area contributed by atoms with Gasteiger partial charge in [0.2, 0.25) is 15.9 Å². The first kappa shape index (κ1) is 15.9. The molecule has 2 rings (SSSR count). The van der Waals surface area contributed by atoms with E-state index in [-0.39, 0.29) is 10.8 Å². The van der Waals surface area contributed by atoms with Gasteiger partial charge in [0.15, 0.2) is 0 Å². The zero-order chi connectivity index (χ0) is 15.8. The second kappa shape index (κ2) is 5.40. The van der Waals surface area contributed by atoms with Crippen LogP contribution in [-0.4, -0.2) is 41.9 Å². The Morgan fingerprint density at radius 2 is 1.90 bits per heavy atom. The molecule has 1 aromatic rings. The lowest BCUT2D eigenvalue weighted by Gasteiger charge is -2.32. The number of anilines is 1. The smallest absolute Gasteiger partial charge is 0.243 e. The van der Waals surface area contributed by atoms with Crippen molar-refractivity contribution in [2.75, 3.05) is 11.9 Å². The van der Waals surface area contributed by atoms with Crippen LogP contribution in [0.2, 0.25) is 0 Å². The van der Waals surface area contributed by atoms with E-state index in [4.69, 9.17) is 0 Å². The minimum Gasteiger partial charge on any atom is -0.391 e. The molecule has 0 radical (unpaired) electrons. The largest absolute Gasteiger partial charge is 0.391 e. The summed E-state index contributed by atoms with van der Waals surface area (Å²) in [6.45, 7) is 5.12. The van der Waals surface area contributed by atoms with Gasteiger partial charge < -0.3 is 10.4 Å². The number of amides is 1. The van der Waals surface area contributed by atoms with E-state index in [0.717, 1.165) is 0 Å². The van der Waals surface area contributed by atoms with Crippen LogP contribution in [0.1, 0.15) is 27.2 Å². The Bertz CT molecular complexity index is 637. The molecule has 0 aliphatic carbocycles. The number of hydrogen-bond donors (Lipinski definition) is 2. The van der Waals surface area contributed by atoms with Crippen molar-refractivity contribution in [2.45, 2.75) is 43.7 Å². The molecule has 2 N–H and O–H groups in total. The van der Waals surface area contributed by atoms with Crippen LogP contribution < -0.4 is 5.32 Å². The predicted octanol–water partition coefficient (Wildman–Crippen LogP) is 1.18. The van der Waals surface area contributed by atoms with Crippen LogP contribution in [0.4, 0.5) is 5.69 Å². The Kier molecular flexibility index (Phi) is 4.10. The average Bonchev–Trinajstić information content (AvgIpc) is 2.64. The van der Waals surface area contributed by atoms with Gasteiger partial charge in [-0.1, -0.05) is 0 Å². The van der Waals surface area contributed by atoms with Crippen LogP contribution in [0.15, 0.2) is 29.2 Å². The third-order valence-electron chi connectivity index (χ3n) is 3.83.